The first kappa shape index (κ1) is 12.8. The summed E-state index contributed by atoms with van der Waals surface area (Å²) in [5.41, 5.74) is -0.132. The van der Waals surface area contributed by atoms with E-state index in [4.69, 9.17) is 0 Å². The van der Waals surface area contributed by atoms with Crippen LogP contribution in [0.5, 0.6) is 0 Å². The first-order valence-corrected chi connectivity index (χ1v) is 5.56. The highest BCUT2D eigenvalue weighted by Gasteiger charge is 2.16. The van der Waals surface area contributed by atoms with Crippen LogP contribution in [0.2, 0.25) is 0 Å². The molecule has 0 N–H and O–H groups in total. The van der Waals surface area contributed by atoms with Crippen LogP contribution in [0.3, 0.4) is 0 Å². The molecule has 1 aromatic carbocycles. The van der Waals surface area contributed by atoms with Crippen molar-refractivity contribution in [1.29, 1.82) is 0 Å². The fourth-order valence-corrected chi connectivity index (χ4v) is 1.66. The van der Waals surface area contributed by atoms with E-state index >= 15 is 0 Å². The van der Waals surface area contributed by atoms with Crippen molar-refractivity contribution in [3.05, 3.63) is 35.4 Å². The normalized spacial score (nSPS) is 10.8. The number of rotatable bonds is 5. The topological polar surface area (TPSA) is 17.1 Å². The summed E-state index contributed by atoms with van der Waals surface area (Å²) in [6.07, 6.45) is 2.03. The van der Waals surface area contributed by atoms with Gasteiger partial charge in [0.2, 0.25) is 0 Å². The van der Waals surface area contributed by atoms with Crippen molar-refractivity contribution in [2.24, 2.45) is 5.92 Å². The van der Waals surface area contributed by atoms with Crippen molar-refractivity contribution >= 4 is 5.78 Å². The van der Waals surface area contributed by atoms with Crippen molar-refractivity contribution in [3.63, 3.8) is 0 Å². The largest absolute Gasteiger partial charge is 0.294 e. The second-order valence-electron chi connectivity index (χ2n) is 3.93. The summed E-state index contributed by atoms with van der Waals surface area (Å²) in [5, 5.41) is 0. The van der Waals surface area contributed by atoms with E-state index in [1.165, 1.54) is 0 Å². The highest BCUT2D eigenvalue weighted by Crippen LogP contribution is 2.18. The maximum atomic E-state index is 13.3. The van der Waals surface area contributed by atoms with Gasteiger partial charge in [0, 0.05) is 6.42 Å². The SMILES string of the molecule is CCC(CC)CC(=O)c1cc(F)ccc1F. The monoisotopic (exact) mass is 226 g/mol. The van der Waals surface area contributed by atoms with Gasteiger partial charge in [-0.3, -0.25) is 4.79 Å². The summed E-state index contributed by atoms with van der Waals surface area (Å²) < 4.78 is 26.2. The quantitative estimate of drug-likeness (QED) is 0.694. The van der Waals surface area contributed by atoms with E-state index in [9.17, 15) is 13.6 Å². The van der Waals surface area contributed by atoms with Crippen LogP contribution in [0.1, 0.15) is 43.5 Å². The summed E-state index contributed by atoms with van der Waals surface area (Å²) in [6.45, 7) is 3.98. The summed E-state index contributed by atoms with van der Waals surface area (Å²) in [5.74, 6) is -1.28. The minimum absolute atomic E-state index is 0.132. The third-order valence-electron chi connectivity index (χ3n) is 2.86. The molecule has 16 heavy (non-hydrogen) atoms. The second kappa shape index (κ2) is 5.73. The number of carbonyl (C=O) groups excluding carboxylic acids is 1. The number of Topliss-reactive ketones (excluding diaryl/α,β-unsaturated/α-hetero) is 1. The van der Waals surface area contributed by atoms with Gasteiger partial charge >= 0.3 is 0 Å². The summed E-state index contributed by atoms with van der Waals surface area (Å²) in [7, 11) is 0. The Morgan fingerprint density at radius 1 is 1.25 bits per heavy atom. The number of hydrogen-bond acceptors (Lipinski definition) is 1. The van der Waals surface area contributed by atoms with E-state index in [0.717, 1.165) is 31.0 Å². The number of benzene rings is 1. The molecule has 3 heteroatoms. The molecule has 0 heterocycles. The first-order chi connectivity index (χ1) is 7.58. The van der Waals surface area contributed by atoms with Crippen LogP contribution in [-0.4, -0.2) is 5.78 Å². The zero-order valence-electron chi connectivity index (χ0n) is 9.59. The lowest BCUT2D eigenvalue weighted by Crippen LogP contribution is -2.09. The minimum atomic E-state index is -0.641. The second-order valence-corrected chi connectivity index (χ2v) is 3.93. The highest BCUT2D eigenvalue weighted by atomic mass is 19.1. The molecule has 0 aliphatic carbocycles. The molecular formula is C13H16F2O. The van der Waals surface area contributed by atoms with Gasteiger partial charge in [-0.05, 0) is 24.1 Å². The molecule has 0 saturated heterocycles. The number of hydrogen-bond donors (Lipinski definition) is 0. The average molecular weight is 226 g/mol. The third kappa shape index (κ3) is 3.12. The standard InChI is InChI=1S/C13H16F2O/c1-3-9(4-2)7-13(16)11-8-10(14)5-6-12(11)15/h5-6,8-9H,3-4,7H2,1-2H3. The Bertz CT molecular complexity index is 370. The predicted octanol–water partition coefficient (Wildman–Crippen LogP) is 3.97. The Morgan fingerprint density at radius 3 is 2.44 bits per heavy atom. The molecule has 0 aromatic heterocycles. The fraction of sp³-hybridized carbons (Fsp3) is 0.462. The molecule has 0 fully saturated rings. The van der Waals surface area contributed by atoms with Crippen LogP contribution in [0, 0.1) is 17.6 Å². The van der Waals surface area contributed by atoms with Crippen molar-refractivity contribution in [3.8, 4) is 0 Å². The molecule has 1 aromatic rings. The zero-order valence-corrected chi connectivity index (χ0v) is 9.59. The Labute approximate surface area is 94.5 Å². The predicted molar refractivity (Wildman–Crippen MR) is 59.4 cm³/mol. The maximum absolute atomic E-state index is 13.3. The molecule has 0 saturated carbocycles. The van der Waals surface area contributed by atoms with Crippen molar-refractivity contribution < 1.29 is 13.6 Å². The van der Waals surface area contributed by atoms with E-state index in [1.807, 2.05) is 13.8 Å². The molecule has 0 spiro atoms. The zero-order chi connectivity index (χ0) is 12.1. The Balaban J connectivity index is 2.83. The van der Waals surface area contributed by atoms with Gasteiger partial charge in [0.25, 0.3) is 0 Å². The average Bonchev–Trinajstić information content (AvgIpc) is 2.28. The van der Waals surface area contributed by atoms with Gasteiger partial charge in [-0.15, -0.1) is 0 Å². The molecule has 1 rings (SSSR count). The lowest BCUT2D eigenvalue weighted by Gasteiger charge is -2.11. The molecular weight excluding hydrogens is 210 g/mol. The van der Waals surface area contributed by atoms with Crippen molar-refractivity contribution in [2.75, 3.05) is 0 Å². The van der Waals surface area contributed by atoms with E-state index in [0.29, 0.717) is 0 Å². The highest BCUT2D eigenvalue weighted by molar-refractivity contribution is 5.96. The van der Waals surface area contributed by atoms with Gasteiger partial charge in [0.1, 0.15) is 11.6 Å². The lowest BCUT2D eigenvalue weighted by atomic mass is 9.94. The van der Waals surface area contributed by atoms with Gasteiger partial charge in [-0.1, -0.05) is 26.7 Å². The van der Waals surface area contributed by atoms with Crippen molar-refractivity contribution in [2.45, 2.75) is 33.1 Å². The fourth-order valence-electron chi connectivity index (χ4n) is 1.66. The van der Waals surface area contributed by atoms with E-state index < -0.39 is 11.6 Å². The lowest BCUT2D eigenvalue weighted by molar-refractivity contribution is 0.0954. The van der Waals surface area contributed by atoms with Crippen LogP contribution < -0.4 is 0 Å². The molecule has 0 amide bonds. The van der Waals surface area contributed by atoms with Gasteiger partial charge in [0.15, 0.2) is 5.78 Å². The third-order valence-corrected chi connectivity index (χ3v) is 2.86. The molecule has 0 bridgehead atoms. The molecule has 1 nitrogen and oxygen atoms in total. The smallest absolute Gasteiger partial charge is 0.166 e. The van der Waals surface area contributed by atoms with Crippen LogP contribution in [0.4, 0.5) is 8.78 Å². The van der Waals surface area contributed by atoms with E-state index in [1.54, 1.807) is 0 Å². The molecule has 0 radical (unpaired) electrons. The Hall–Kier alpha value is -1.25. The van der Waals surface area contributed by atoms with Crippen LogP contribution in [0.25, 0.3) is 0 Å². The summed E-state index contributed by atoms with van der Waals surface area (Å²) in [4.78, 5) is 11.7. The molecule has 0 aliphatic rings. The number of carbonyl (C=O) groups is 1. The first-order valence-electron chi connectivity index (χ1n) is 5.56. The molecule has 0 unspecified atom stereocenters. The van der Waals surface area contributed by atoms with Crippen LogP contribution >= 0.6 is 0 Å². The molecule has 0 atom stereocenters. The van der Waals surface area contributed by atoms with Crippen molar-refractivity contribution in [1.82, 2.24) is 0 Å². The van der Waals surface area contributed by atoms with Gasteiger partial charge in [-0.2, -0.15) is 0 Å². The van der Waals surface area contributed by atoms with Gasteiger partial charge in [-0.25, -0.2) is 8.78 Å². The van der Waals surface area contributed by atoms with Crippen LogP contribution in [-0.2, 0) is 0 Å². The number of ketones is 1. The van der Waals surface area contributed by atoms with E-state index in [2.05, 4.69) is 0 Å². The molecule has 0 aliphatic heterocycles. The van der Waals surface area contributed by atoms with E-state index in [-0.39, 0.29) is 23.7 Å². The van der Waals surface area contributed by atoms with Gasteiger partial charge < -0.3 is 0 Å². The maximum Gasteiger partial charge on any atom is 0.166 e. The Morgan fingerprint density at radius 2 is 1.88 bits per heavy atom. The molecule has 88 valence electrons. The number of halogens is 2. The summed E-state index contributed by atoms with van der Waals surface area (Å²) >= 11 is 0. The summed E-state index contributed by atoms with van der Waals surface area (Å²) in [6, 6.07) is 2.98. The van der Waals surface area contributed by atoms with Crippen LogP contribution in [0.15, 0.2) is 18.2 Å². The van der Waals surface area contributed by atoms with Gasteiger partial charge in [0.05, 0.1) is 5.56 Å². The minimum Gasteiger partial charge on any atom is -0.294 e. The Kier molecular flexibility index (Phi) is 4.59.